The molecule has 0 aromatic heterocycles. The summed E-state index contributed by atoms with van der Waals surface area (Å²) in [5.74, 6) is -17.7. The molecule has 24 heteroatoms. The molecule has 0 spiro atoms. The monoisotopic (exact) mass is 571 g/mol. The van der Waals surface area contributed by atoms with E-state index in [0.717, 1.165) is 0 Å². The summed E-state index contributed by atoms with van der Waals surface area (Å²) in [5.41, 5.74) is -9.18. The summed E-state index contributed by atoms with van der Waals surface area (Å²) in [6, 6.07) is -28.0. The van der Waals surface area contributed by atoms with E-state index in [-0.39, 0.29) is 0 Å². The van der Waals surface area contributed by atoms with Crippen molar-refractivity contribution in [1.82, 2.24) is 4.90 Å². The third kappa shape index (κ3) is 4.15. The third-order valence-electron chi connectivity index (χ3n) is 3.51. The van der Waals surface area contributed by atoms with E-state index in [4.69, 9.17) is 0 Å². The fraction of sp³-hybridized carbons (Fsp3) is 1.00. The van der Waals surface area contributed by atoms with Gasteiger partial charge < -0.3 is 0 Å². The first-order chi connectivity index (χ1) is 14.1. The lowest BCUT2D eigenvalue weighted by molar-refractivity contribution is -0.525. The predicted octanol–water partition coefficient (Wildman–Crippen LogP) is 7.29. The van der Waals surface area contributed by atoms with Crippen LogP contribution in [0.15, 0.2) is 0 Å². The molecule has 34 heavy (non-hydrogen) atoms. The molecule has 0 aliphatic rings. The Morgan fingerprint density at radius 3 is 0.618 bits per heavy atom. The van der Waals surface area contributed by atoms with Gasteiger partial charge in [0.25, 0.3) is 0 Å². The molecule has 0 radical (unpaired) electrons. The Balaban J connectivity index is 7.96. The van der Waals surface area contributed by atoms with Crippen molar-refractivity contribution < 1.29 is 101 Å². The Bertz CT molecular complexity index is 677. The van der Waals surface area contributed by atoms with Gasteiger partial charge in [0.05, 0.1) is 0 Å². The van der Waals surface area contributed by atoms with Gasteiger partial charge in [0, 0.05) is 0 Å². The summed E-state index contributed by atoms with van der Waals surface area (Å²) in [7, 11) is 0. The van der Waals surface area contributed by atoms with Gasteiger partial charge in [-0.2, -0.15) is 96.6 Å². The van der Waals surface area contributed by atoms with Gasteiger partial charge in [0.15, 0.2) is 0 Å². The Morgan fingerprint density at radius 1 is 0.265 bits per heavy atom. The Labute approximate surface area is 168 Å². The van der Waals surface area contributed by atoms with Gasteiger partial charge in [-0.15, -0.1) is 4.90 Å². The second-order valence-corrected chi connectivity index (χ2v) is 5.76. The van der Waals surface area contributed by atoms with Crippen LogP contribution in [-0.2, 0) is 0 Å². The van der Waals surface area contributed by atoms with Gasteiger partial charge in [-0.1, -0.05) is 0 Å². The average molecular weight is 571 g/mol. The van der Waals surface area contributed by atoms with Crippen molar-refractivity contribution in [1.29, 1.82) is 0 Å². The van der Waals surface area contributed by atoms with E-state index in [1.165, 1.54) is 0 Å². The molecule has 0 saturated heterocycles. The van der Waals surface area contributed by atoms with Crippen molar-refractivity contribution in [3.63, 3.8) is 0 Å². The quantitative estimate of drug-likeness (QED) is 0.239. The van der Waals surface area contributed by atoms with E-state index < -0.39 is 65.3 Å². The second-order valence-electron chi connectivity index (χ2n) is 5.76. The highest BCUT2D eigenvalue weighted by molar-refractivity contribution is 5.11. The molecule has 0 aromatic rings. The summed E-state index contributed by atoms with van der Waals surface area (Å²) in [6.45, 7) is 0. The Morgan fingerprint density at radius 2 is 0.471 bits per heavy atom. The number of nitrogens with zero attached hydrogens (tertiary/aromatic N) is 1. The minimum Gasteiger partial charge on any atom is -0.215 e. The van der Waals surface area contributed by atoms with Gasteiger partial charge in [0.1, 0.15) is 0 Å². The summed E-state index contributed by atoms with van der Waals surface area (Å²) in [6.07, 6.45) is -33.9. The van der Waals surface area contributed by atoms with Gasteiger partial charge in [-0.25, -0.2) is 4.39 Å². The molecular formula is C10F23N. The number of hydrogen-bond acceptors (Lipinski definition) is 1. The van der Waals surface area contributed by atoms with E-state index in [0.29, 0.717) is 0 Å². The molecule has 0 bridgehead atoms. The SMILES string of the molecule is FC(F)(F)C(F)(F)C(F)(F)N(C(F)(F)C(F)(F)C(F)(F)F)C(F)(F)C(F)(C(F)(F)F)C(F)(F)F. The molecular weight excluding hydrogens is 571 g/mol. The number of halogens is 23. The van der Waals surface area contributed by atoms with Crippen LogP contribution in [0.1, 0.15) is 0 Å². The first-order valence-corrected chi connectivity index (χ1v) is 6.77. The van der Waals surface area contributed by atoms with Crippen LogP contribution in [0.4, 0.5) is 101 Å². The van der Waals surface area contributed by atoms with Gasteiger partial charge >= 0.3 is 60.4 Å². The fourth-order valence-corrected chi connectivity index (χ4v) is 1.81. The Kier molecular flexibility index (Phi) is 7.30. The zero-order chi connectivity index (χ0) is 28.6. The van der Waals surface area contributed by atoms with E-state index in [1.807, 2.05) is 0 Å². The first kappa shape index (κ1) is 32.4. The first-order valence-electron chi connectivity index (χ1n) is 6.77. The van der Waals surface area contributed by atoms with E-state index >= 15 is 0 Å². The van der Waals surface area contributed by atoms with E-state index in [1.54, 1.807) is 0 Å². The van der Waals surface area contributed by atoms with Crippen LogP contribution in [0.3, 0.4) is 0 Å². The Hall–Kier alpha value is -1.65. The average Bonchev–Trinajstić information content (AvgIpc) is 2.48. The summed E-state index contributed by atoms with van der Waals surface area (Å²) >= 11 is 0. The topological polar surface area (TPSA) is 3.24 Å². The van der Waals surface area contributed by atoms with E-state index in [9.17, 15) is 101 Å². The maximum Gasteiger partial charge on any atom is 0.461 e. The highest BCUT2D eigenvalue weighted by Gasteiger charge is 2.95. The van der Waals surface area contributed by atoms with Crippen molar-refractivity contribution in [2.24, 2.45) is 0 Å². The van der Waals surface area contributed by atoms with Crippen LogP contribution in [0.5, 0.6) is 0 Å². The minimum atomic E-state index is -9.49. The number of alkyl halides is 23. The van der Waals surface area contributed by atoms with Crippen molar-refractivity contribution in [2.75, 3.05) is 0 Å². The normalized spacial score (nSPS) is 16.9. The van der Waals surface area contributed by atoms with Crippen LogP contribution in [0.25, 0.3) is 0 Å². The van der Waals surface area contributed by atoms with Crippen LogP contribution in [0, 0.1) is 0 Å². The van der Waals surface area contributed by atoms with Crippen molar-refractivity contribution in [2.45, 2.75) is 60.4 Å². The molecule has 0 fully saturated rings. The van der Waals surface area contributed by atoms with Crippen molar-refractivity contribution >= 4 is 0 Å². The maximum absolute atomic E-state index is 13.7. The zero-order valence-corrected chi connectivity index (χ0v) is 14.1. The number of rotatable bonds is 6. The summed E-state index contributed by atoms with van der Waals surface area (Å²) < 4.78 is 293. The third-order valence-corrected chi connectivity index (χ3v) is 3.51. The van der Waals surface area contributed by atoms with Gasteiger partial charge in [-0.05, 0) is 0 Å². The smallest absolute Gasteiger partial charge is 0.215 e. The molecule has 0 aliphatic carbocycles. The van der Waals surface area contributed by atoms with Crippen molar-refractivity contribution in [3.05, 3.63) is 0 Å². The molecule has 0 amide bonds. The zero-order valence-electron chi connectivity index (χ0n) is 14.1. The van der Waals surface area contributed by atoms with Crippen molar-refractivity contribution in [3.8, 4) is 0 Å². The molecule has 0 aliphatic heterocycles. The lowest BCUT2D eigenvalue weighted by Crippen LogP contribution is -2.81. The molecule has 0 unspecified atom stereocenters. The molecule has 206 valence electrons. The largest absolute Gasteiger partial charge is 0.461 e. The highest BCUT2D eigenvalue weighted by atomic mass is 19.4. The summed E-state index contributed by atoms with van der Waals surface area (Å²) in [5, 5.41) is 0. The lowest BCUT2D eigenvalue weighted by Gasteiger charge is -2.49. The van der Waals surface area contributed by atoms with Crippen LogP contribution < -0.4 is 0 Å². The molecule has 0 heterocycles. The van der Waals surface area contributed by atoms with E-state index in [2.05, 4.69) is 0 Å². The second kappa shape index (κ2) is 7.67. The van der Waals surface area contributed by atoms with Gasteiger partial charge in [-0.3, -0.25) is 0 Å². The molecule has 0 atom stereocenters. The highest BCUT2D eigenvalue weighted by Crippen LogP contribution is 2.64. The van der Waals surface area contributed by atoms with Crippen LogP contribution in [-0.4, -0.2) is 65.3 Å². The number of hydrogen-bond donors (Lipinski definition) is 0. The molecule has 0 N–H and O–H groups in total. The minimum absolute atomic E-state index is 5.76. The van der Waals surface area contributed by atoms with Crippen LogP contribution in [0.2, 0.25) is 0 Å². The van der Waals surface area contributed by atoms with Crippen LogP contribution >= 0.6 is 0 Å². The molecule has 1 nitrogen and oxygen atoms in total. The molecule has 0 aromatic carbocycles. The summed E-state index contributed by atoms with van der Waals surface area (Å²) in [4.78, 5) is -5.76. The lowest BCUT2D eigenvalue weighted by atomic mass is 9.97. The maximum atomic E-state index is 13.7. The molecule has 0 saturated carbocycles. The predicted molar refractivity (Wildman–Crippen MR) is 54.6 cm³/mol. The molecule has 0 rings (SSSR count). The standard InChI is InChI=1S/C10F23N/c11-1(4(16,17)18,5(19,20)21)8(28,29)34(9(30,31)2(12,13)6(22,23)24)10(32,33)3(14,15)7(25,26)27. The van der Waals surface area contributed by atoms with Gasteiger partial charge in [0.2, 0.25) is 0 Å². The fourth-order valence-electron chi connectivity index (χ4n) is 1.81.